The number of nitrogens with zero attached hydrogens (tertiary/aromatic N) is 3. The molecule has 0 amide bonds. The molecule has 60 heavy (non-hydrogen) atoms. The highest BCUT2D eigenvalue weighted by molar-refractivity contribution is 5.95. The van der Waals surface area contributed by atoms with Crippen molar-refractivity contribution in [2.75, 3.05) is 66.0 Å². The van der Waals surface area contributed by atoms with E-state index in [1.165, 1.54) is 21.1 Å². The number of likely N-dealkylation sites (N-methyl/N-ethyl adjacent to an activating group) is 2. The molecule has 3 N–H and O–H groups in total. The number of aromatic amines is 1. The van der Waals surface area contributed by atoms with Crippen molar-refractivity contribution in [3.05, 3.63) is 70.9 Å². The first-order valence-electron chi connectivity index (χ1n) is 21.7. The van der Waals surface area contributed by atoms with E-state index < -0.39 is 57.5 Å². The van der Waals surface area contributed by atoms with E-state index >= 15 is 4.79 Å². The Kier molecular flexibility index (Phi) is 10.7. The molecule has 5 aliphatic rings. The molecule has 0 radical (unpaired) electrons. The summed E-state index contributed by atoms with van der Waals surface area (Å²) >= 11 is 0. The first-order valence-corrected chi connectivity index (χ1v) is 21.7. The molecule has 3 aromatic rings. The molecule has 2 aromatic carbocycles. The number of nitrogens with one attached hydrogen (secondary N) is 1. The molecule has 8 rings (SSSR count). The van der Waals surface area contributed by atoms with Gasteiger partial charge in [0.05, 0.1) is 33.0 Å². The van der Waals surface area contributed by atoms with Crippen molar-refractivity contribution >= 4 is 34.5 Å². The number of anilines is 1. The average molecular weight is 827 g/mol. The van der Waals surface area contributed by atoms with Gasteiger partial charge < -0.3 is 43.9 Å². The number of aromatic nitrogens is 1. The second kappa shape index (κ2) is 15.2. The lowest BCUT2D eigenvalue weighted by molar-refractivity contribution is -0.228. The molecule has 324 valence electrons. The molecule has 1 aliphatic carbocycles. The van der Waals surface area contributed by atoms with Crippen LogP contribution >= 0.6 is 0 Å². The molecule has 2 fully saturated rings. The molecule has 0 unspecified atom stereocenters. The normalized spacial score (nSPS) is 33.9. The van der Waals surface area contributed by atoms with E-state index in [1.54, 1.807) is 7.11 Å². The van der Waals surface area contributed by atoms with Gasteiger partial charge in [0.15, 0.2) is 6.10 Å². The van der Waals surface area contributed by atoms with E-state index in [9.17, 15) is 19.8 Å². The number of carbonyl (C=O) groups is 3. The summed E-state index contributed by atoms with van der Waals surface area (Å²) in [5.74, 6) is -1.50. The zero-order chi connectivity index (χ0) is 43.0. The summed E-state index contributed by atoms with van der Waals surface area (Å²) in [6.07, 6.45) is 6.28. The lowest BCUT2D eigenvalue weighted by Gasteiger charge is -2.63. The Morgan fingerprint density at radius 3 is 2.33 bits per heavy atom. The molecular weight excluding hydrogens is 765 g/mol. The molecular formula is C47H62N4O9. The zero-order valence-electron chi connectivity index (χ0n) is 36.4. The Labute approximate surface area is 353 Å². The van der Waals surface area contributed by atoms with E-state index in [4.69, 9.17) is 18.9 Å². The number of benzene rings is 2. The van der Waals surface area contributed by atoms with Crippen LogP contribution in [-0.4, -0.2) is 133 Å². The summed E-state index contributed by atoms with van der Waals surface area (Å²) in [4.78, 5) is 53.0. The van der Waals surface area contributed by atoms with Gasteiger partial charge in [-0.25, -0.2) is 4.79 Å². The Hall–Kier alpha value is -4.43. The van der Waals surface area contributed by atoms with Crippen molar-refractivity contribution in [1.29, 1.82) is 0 Å². The van der Waals surface area contributed by atoms with Crippen molar-refractivity contribution in [1.82, 2.24) is 14.8 Å². The SMILES string of the molecule is CCN1CCc2c([nH]c3ccccc23)[C@@](C(=O)OC)(c2cc3c(cc2OC)N(C)[C@H]2[C@@](O)(C(=O)OC)[C@H](OC(C)=O)[C@]4(CC)C=CCN5CC[C@]32[C@@H]54)CCC[C@@](O)(CC)C1. The third-order valence-electron chi connectivity index (χ3n) is 15.5. The Balaban J connectivity index is 1.45. The van der Waals surface area contributed by atoms with Gasteiger partial charge in [-0.05, 0) is 81.3 Å². The summed E-state index contributed by atoms with van der Waals surface area (Å²) in [5.41, 5.74) is -1.77. The van der Waals surface area contributed by atoms with Crippen LogP contribution in [-0.2, 0) is 45.8 Å². The van der Waals surface area contributed by atoms with Gasteiger partial charge in [0.1, 0.15) is 11.2 Å². The van der Waals surface area contributed by atoms with E-state index in [1.807, 2.05) is 56.1 Å². The summed E-state index contributed by atoms with van der Waals surface area (Å²) < 4.78 is 23.9. The highest BCUT2D eigenvalue weighted by Crippen LogP contribution is 2.68. The third-order valence-corrected chi connectivity index (χ3v) is 15.5. The van der Waals surface area contributed by atoms with Crippen LogP contribution in [0.4, 0.5) is 5.69 Å². The van der Waals surface area contributed by atoms with Crippen LogP contribution in [0.3, 0.4) is 0 Å². The first-order chi connectivity index (χ1) is 28.7. The number of carbonyl (C=O) groups excluding carboxylic acids is 3. The van der Waals surface area contributed by atoms with Crippen LogP contribution in [0.2, 0.25) is 0 Å². The van der Waals surface area contributed by atoms with Crippen molar-refractivity contribution in [3.8, 4) is 5.75 Å². The summed E-state index contributed by atoms with van der Waals surface area (Å²) in [6, 6.07) is 10.9. The topological polar surface area (TPSA) is 154 Å². The molecule has 1 saturated carbocycles. The number of para-hydroxylation sites is 1. The first kappa shape index (κ1) is 42.3. The number of β-amino-alcohol motifs (C(OH)–C–C–N with tert-alkyl or cyclic N) is 1. The molecule has 5 heterocycles. The number of methoxy groups -OCH3 is 3. The number of esters is 3. The monoisotopic (exact) mass is 826 g/mol. The highest BCUT2D eigenvalue weighted by Gasteiger charge is 2.80. The Bertz CT molecular complexity index is 2220. The molecule has 13 heteroatoms. The minimum Gasteiger partial charge on any atom is -0.496 e. The van der Waals surface area contributed by atoms with Gasteiger partial charge in [0.25, 0.3) is 0 Å². The maximum absolute atomic E-state index is 15.3. The minimum atomic E-state index is -2.30. The fourth-order valence-corrected chi connectivity index (χ4v) is 12.9. The molecule has 4 aliphatic heterocycles. The number of hydrogen-bond acceptors (Lipinski definition) is 12. The number of H-pyrrole nitrogens is 1. The zero-order valence-corrected chi connectivity index (χ0v) is 36.4. The van der Waals surface area contributed by atoms with Crippen molar-refractivity contribution in [2.45, 2.75) is 113 Å². The molecule has 0 bridgehead atoms. The van der Waals surface area contributed by atoms with E-state index in [2.05, 4.69) is 39.9 Å². The smallest absolute Gasteiger partial charge is 0.344 e. The fourth-order valence-electron chi connectivity index (χ4n) is 12.9. The minimum absolute atomic E-state index is 0.299. The Morgan fingerprint density at radius 2 is 1.67 bits per heavy atom. The van der Waals surface area contributed by atoms with Crippen LogP contribution < -0.4 is 9.64 Å². The molecule has 13 nitrogen and oxygen atoms in total. The van der Waals surface area contributed by atoms with Crippen LogP contribution in [0.15, 0.2) is 48.6 Å². The lowest BCUT2D eigenvalue weighted by Crippen LogP contribution is -2.81. The average Bonchev–Trinajstić information content (AvgIpc) is 3.91. The van der Waals surface area contributed by atoms with Crippen LogP contribution in [0.1, 0.15) is 88.6 Å². The Morgan fingerprint density at radius 1 is 0.917 bits per heavy atom. The van der Waals surface area contributed by atoms with Crippen LogP contribution in [0, 0.1) is 5.41 Å². The maximum Gasteiger partial charge on any atom is 0.344 e. The van der Waals surface area contributed by atoms with Gasteiger partial charge in [0.2, 0.25) is 5.60 Å². The van der Waals surface area contributed by atoms with Gasteiger partial charge in [0, 0.05) is 84.4 Å². The van der Waals surface area contributed by atoms with Crippen molar-refractivity contribution in [2.24, 2.45) is 5.41 Å². The largest absolute Gasteiger partial charge is 0.496 e. The standard InChI is InChI=1S/C47H62N4O9/c1-9-43(55)19-14-21-45(41(53)58-7,37-31(18-24-50(11-3)28-43)30-16-12-13-17-34(30)48-37)33-26-32-35(27-36(33)57-6)49(5)39-46(32)22-25-51-23-15-20-44(10-2,38(46)51)40(60-29(4)52)47(39,56)42(54)59-8/h12-13,15-17,20,26-27,38-40,48,55-56H,9-11,14,18-19,21-25,28H2,1-8H3/t38-,39+,40+,43-,44+,45-,46+,47-/m0/s1. The molecule has 8 atom stereocenters. The van der Waals surface area contributed by atoms with Gasteiger partial charge >= 0.3 is 17.9 Å². The van der Waals surface area contributed by atoms with Gasteiger partial charge in [-0.3, -0.25) is 14.5 Å². The number of rotatable bonds is 8. The summed E-state index contributed by atoms with van der Waals surface area (Å²) in [7, 11) is 6.13. The van der Waals surface area contributed by atoms with E-state index in [0.29, 0.717) is 82.4 Å². The third kappa shape index (κ3) is 5.67. The molecule has 1 aromatic heterocycles. The van der Waals surface area contributed by atoms with Gasteiger partial charge in [-0.15, -0.1) is 0 Å². The second-order valence-electron chi connectivity index (χ2n) is 17.9. The quantitative estimate of drug-likeness (QED) is 0.163. The van der Waals surface area contributed by atoms with Crippen molar-refractivity contribution in [3.63, 3.8) is 0 Å². The number of hydrogen-bond donors (Lipinski definition) is 3. The maximum atomic E-state index is 15.3. The van der Waals surface area contributed by atoms with E-state index in [-0.39, 0.29) is 6.04 Å². The summed E-state index contributed by atoms with van der Waals surface area (Å²) in [5, 5.41) is 26.4. The van der Waals surface area contributed by atoms with Gasteiger partial charge in [-0.1, -0.05) is 51.1 Å². The fraction of sp³-hybridized carbons (Fsp3) is 0.596. The number of aliphatic hydroxyl groups is 2. The molecule has 1 saturated heterocycles. The predicted octanol–water partition coefficient (Wildman–Crippen LogP) is 4.77. The molecule has 1 spiro atoms. The number of fused-ring (bicyclic) bond motifs is 4. The predicted molar refractivity (Wildman–Crippen MR) is 227 cm³/mol. The lowest BCUT2D eigenvalue weighted by atomic mass is 9.47. The van der Waals surface area contributed by atoms with Crippen molar-refractivity contribution < 1.29 is 43.5 Å². The van der Waals surface area contributed by atoms with Crippen LogP contribution in [0.5, 0.6) is 5.75 Å². The highest BCUT2D eigenvalue weighted by atomic mass is 16.6. The summed E-state index contributed by atoms with van der Waals surface area (Å²) in [6.45, 7) is 10.7. The van der Waals surface area contributed by atoms with Crippen LogP contribution in [0.25, 0.3) is 10.9 Å². The number of ether oxygens (including phenoxy) is 4. The second-order valence-corrected chi connectivity index (χ2v) is 17.9. The van der Waals surface area contributed by atoms with E-state index in [0.717, 1.165) is 40.0 Å². The van der Waals surface area contributed by atoms with Gasteiger partial charge in [-0.2, -0.15) is 0 Å².